The summed E-state index contributed by atoms with van der Waals surface area (Å²) in [4.78, 5) is 12.7. The van der Waals surface area contributed by atoms with E-state index in [0.717, 1.165) is 36.0 Å². The third-order valence-electron chi connectivity index (χ3n) is 5.67. The van der Waals surface area contributed by atoms with Crippen molar-refractivity contribution in [2.45, 2.75) is 81.3 Å². The molecule has 2 fully saturated rings. The fourth-order valence-corrected chi connectivity index (χ4v) is 4.64. The molecule has 0 radical (unpaired) electrons. The molecule has 2 heterocycles. The Hall–Kier alpha value is -1.76. The maximum Gasteiger partial charge on any atom is 0.233 e. The van der Waals surface area contributed by atoms with Crippen molar-refractivity contribution in [3.05, 3.63) is 30.0 Å². The first-order valence-electron chi connectivity index (χ1n) is 10.0. The van der Waals surface area contributed by atoms with Crippen LogP contribution in [0.5, 0.6) is 0 Å². The van der Waals surface area contributed by atoms with Crippen LogP contribution in [0.1, 0.15) is 69.9 Å². The van der Waals surface area contributed by atoms with Crippen LogP contribution >= 0.6 is 11.8 Å². The average molecular weight is 389 g/mol. The summed E-state index contributed by atoms with van der Waals surface area (Å²) in [5, 5.41) is 12.7. The highest BCUT2D eigenvalue weighted by atomic mass is 32.2. The standard InChI is InChI=1S/C20H28N4O2S/c1-13-6-3-4-8-17(13)21-19(25)14(2)27-20-23-22-18(15-9-10-15)24(20)12-16-7-5-11-26-16/h5,7,11,13-15,17H,3-4,6,8-10,12H2,1-2H3,(H,21,25). The van der Waals surface area contributed by atoms with E-state index in [-0.39, 0.29) is 11.2 Å². The number of nitrogens with zero attached hydrogens (tertiary/aromatic N) is 3. The molecule has 2 aromatic heterocycles. The minimum atomic E-state index is -0.203. The second-order valence-corrected chi connectivity index (χ2v) is 9.23. The van der Waals surface area contributed by atoms with Gasteiger partial charge < -0.3 is 9.73 Å². The van der Waals surface area contributed by atoms with E-state index < -0.39 is 0 Å². The minimum absolute atomic E-state index is 0.0965. The lowest BCUT2D eigenvalue weighted by Gasteiger charge is -2.30. The van der Waals surface area contributed by atoms with Crippen LogP contribution in [-0.2, 0) is 11.3 Å². The number of carbonyl (C=O) groups excluding carboxylic acids is 1. The van der Waals surface area contributed by atoms with Gasteiger partial charge in [0.15, 0.2) is 5.16 Å². The molecule has 1 amide bonds. The van der Waals surface area contributed by atoms with Gasteiger partial charge in [-0.3, -0.25) is 9.36 Å². The smallest absolute Gasteiger partial charge is 0.233 e. The van der Waals surface area contributed by atoms with Gasteiger partial charge in [-0.05, 0) is 50.7 Å². The Balaban J connectivity index is 1.44. The van der Waals surface area contributed by atoms with Crippen molar-refractivity contribution in [3.63, 3.8) is 0 Å². The molecule has 7 heteroatoms. The topological polar surface area (TPSA) is 73.0 Å². The van der Waals surface area contributed by atoms with Crippen LogP contribution in [0, 0.1) is 5.92 Å². The minimum Gasteiger partial charge on any atom is -0.467 e. The number of nitrogens with one attached hydrogen (secondary N) is 1. The van der Waals surface area contributed by atoms with Gasteiger partial charge in [-0.15, -0.1) is 10.2 Å². The fraction of sp³-hybridized carbons (Fsp3) is 0.650. The van der Waals surface area contributed by atoms with Crippen molar-refractivity contribution in [1.29, 1.82) is 0 Å². The zero-order chi connectivity index (χ0) is 18.8. The van der Waals surface area contributed by atoms with Crippen LogP contribution in [0.3, 0.4) is 0 Å². The lowest BCUT2D eigenvalue weighted by atomic mass is 9.86. The van der Waals surface area contributed by atoms with Crippen LogP contribution in [-0.4, -0.2) is 32.0 Å². The molecule has 2 aliphatic rings. The molecule has 3 unspecified atom stereocenters. The van der Waals surface area contributed by atoms with Crippen molar-refractivity contribution in [1.82, 2.24) is 20.1 Å². The molecule has 146 valence electrons. The first-order valence-corrected chi connectivity index (χ1v) is 10.9. The predicted octanol–water partition coefficient (Wildman–Crippen LogP) is 3.97. The van der Waals surface area contributed by atoms with Gasteiger partial charge in [0, 0.05) is 12.0 Å². The van der Waals surface area contributed by atoms with Gasteiger partial charge in [0.1, 0.15) is 11.6 Å². The molecule has 0 spiro atoms. The molecule has 0 saturated heterocycles. The Kier molecular flexibility index (Phi) is 5.57. The number of hydrogen-bond donors (Lipinski definition) is 1. The Bertz CT molecular complexity index is 769. The molecular formula is C20H28N4O2S. The molecule has 0 aliphatic heterocycles. The molecule has 2 aromatic rings. The number of hydrogen-bond acceptors (Lipinski definition) is 5. The van der Waals surface area contributed by atoms with E-state index in [2.05, 4.69) is 27.0 Å². The van der Waals surface area contributed by atoms with Gasteiger partial charge >= 0.3 is 0 Å². The summed E-state index contributed by atoms with van der Waals surface area (Å²) in [7, 11) is 0. The van der Waals surface area contributed by atoms with Gasteiger partial charge in [0.05, 0.1) is 18.1 Å². The molecule has 4 rings (SSSR count). The predicted molar refractivity (Wildman–Crippen MR) is 105 cm³/mol. The largest absolute Gasteiger partial charge is 0.467 e. The van der Waals surface area contributed by atoms with E-state index in [1.807, 2.05) is 19.1 Å². The number of amides is 1. The molecule has 27 heavy (non-hydrogen) atoms. The van der Waals surface area contributed by atoms with Gasteiger partial charge in [0.2, 0.25) is 5.91 Å². The van der Waals surface area contributed by atoms with Crippen LogP contribution in [0.15, 0.2) is 28.0 Å². The SMILES string of the molecule is CC(Sc1nnc(C2CC2)n1Cc1ccco1)C(=O)NC1CCCCC1C. The third-order valence-corrected chi connectivity index (χ3v) is 6.75. The highest BCUT2D eigenvalue weighted by molar-refractivity contribution is 8.00. The lowest BCUT2D eigenvalue weighted by molar-refractivity contribution is -0.121. The van der Waals surface area contributed by atoms with E-state index in [0.29, 0.717) is 24.4 Å². The van der Waals surface area contributed by atoms with Gasteiger partial charge in [-0.2, -0.15) is 0 Å². The normalized spacial score (nSPS) is 23.9. The Morgan fingerprint density at radius 3 is 2.85 bits per heavy atom. The fourth-order valence-electron chi connectivity index (χ4n) is 3.78. The van der Waals surface area contributed by atoms with Crippen molar-refractivity contribution < 1.29 is 9.21 Å². The maximum atomic E-state index is 12.7. The monoisotopic (exact) mass is 388 g/mol. The van der Waals surface area contributed by atoms with E-state index in [4.69, 9.17) is 4.42 Å². The number of aromatic nitrogens is 3. The first-order chi connectivity index (χ1) is 13.1. The van der Waals surface area contributed by atoms with Crippen molar-refractivity contribution in [3.8, 4) is 0 Å². The molecular weight excluding hydrogens is 360 g/mol. The number of rotatable bonds is 7. The first kappa shape index (κ1) is 18.6. The number of furan rings is 1. The lowest BCUT2D eigenvalue weighted by Crippen LogP contribution is -2.44. The van der Waals surface area contributed by atoms with Crippen LogP contribution in [0.25, 0.3) is 0 Å². The summed E-state index contributed by atoms with van der Waals surface area (Å²) in [5.74, 6) is 3.05. The van der Waals surface area contributed by atoms with Gasteiger partial charge in [-0.25, -0.2) is 0 Å². The zero-order valence-electron chi connectivity index (χ0n) is 16.1. The van der Waals surface area contributed by atoms with Crippen molar-refractivity contribution >= 4 is 17.7 Å². The van der Waals surface area contributed by atoms with Crippen molar-refractivity contribution in [2.24, 2.45) is 5.92 Å². The Morgan fingerprint density at radius 1 is 1.33 bits per heavy atom. The van der Waals surface area contributed by atoms with Gasteiger partial charge in [-0.1, -0.05) is 31.5 Å². The quantitative estimate of drug-likeness (QED) is 0.727. The second-order valence-electron chi connectivity index (χ2n) is 7.92. The zero-order valence-corrected chi connectivity index (χ0v) is 16.9. The molecule has 2 saturated carbocycles. The average Bonchev–Trinajstić information content (AvgIpc) is 3.23. The number of carbonyl (C=O) groups is 1. The van der Waals surface area contributed by atoms with E-state index in [1.165, 1.54) is 31.0 Å². The molecule has 3 atom stereocenters. The van der Waals surface area contributed by atoms with Crippen LogP contribution in [0.2, 0.25) is 0 Å². The second kappa shape index (κ2) is 8.09. The van der Waals surface area contributed by atoms with Crippen LogP contribution < -0.4 is 5.32 Å². The van der Waals surface area contributed by atoms with Crippen LogP contribution in [0.4, 0.5) is 0 Å². The Morgan fingerprint density at radius 2 is 2.15 bits per heavy atom. The molecule has 0 aromatic carbocycles. The van der Waals surface area contributed by atoms with E-state index >= 15 is 0 Å². The summed E-state index contributed by atoms with van der Waals surface area (Å²) in [6.45, 7) is 4.81. The van der Waals surface area contributed by atoms with Gasteiger partial charge in [0.25, 0.3) is 0 Å². The van der Waals surface area contributed by atoms with E-state index in [9.17, 15) is 4.79 Å². The highest BCUT2D eigenvalue weighted by Crippen LogP contribution is 2.40. The summed E-state index contributed by atoms with van der Waals surface area (Å²) >= 11 is 1.49. The van der Waals surface area contributed by atoms with E-state index in [1.54, 1.807) is 6.26 Å². The summed E-state index contributed by atoms with van der Waals surface area (Å²) in [5.41, 5.74) is 0. The summed E-state index contributed by atoms with van der Waals surface area (Å²) in [6, 6.07) is 4.16. The number of thioether (sulfide) groups is 1. The highest BCUT2D eigenvalue weighted by Gasteiger charge is 2.32. The summed E-state index contributed by atoms with van der Waals surface area (Å²) < 4.78 is 7.64. The molecule has 6 nitrogen and oxygen atoms in total. The third kappa shape index (κ3) is 4.39. The maximum absolute atomic E-state index is 12.7. The van der Waals surface area contributed by atoms with Crippen molar-refractivity contribution in [2.75, 3.05) is 0 Å². The Labute approximate surface area is 164 Å². The molecule has 0 bridgehead atoms. The molecule has 1 N–H and O–H groups in total. The summed E-state index contributed by atoms with van der Waals surface area (Å²) in [6.07, 6.45) is 8.79. The molecule has 2 aliphatic carbocycles.